The molecule has 0 radical (unpaired) electrons. The molecule has 0 amide bonds. The molecule has 0 unspecified atom stereocenters. The summed E-state index contributed by atoms with van der Waals surface area (Å²) in [6, 6.07) is 1.65. The number of anilines is 1. The first kappa shape index (κ1) is 15.7. The molecule has 7 heteroatoms. The minimum Gasteiger partial charge on any atom is -0.383 e. The Morgan fingerprint density at radius 1 is 1.50 bits per heavy atom. The number of pyridine rings is 1. The molecular weight excluding hydrogens is 342 g/mol. The van der Waals surface area contributed by atoms with Crippen molar-refractivity contribution in [3.8, 4) is 0 Å². The standard InChI is InChI=1S/C13H20BrN3O2S/c1-9(2)5-6-17(11-3-4-11)20(18,19)12-7-10(14)8-16-13(12)15/h7-9,11H,3-6H2,1-2H3,(H2,15,16). The maximum absolute atomic E-state index is 12.8. The van der Waals surface area contributed by atoms with Crippen molar-refractivity contribution in [2.75, 3.05) is 12.3 Å². The Balaban J connectivity index is 2.32. The second-order valence-corrected chi connectivity index (χ2v) is 8.34. The summed E-state index contributed by atoms with van der Waals surface area (Å²) in [4.78, 5) is 4.03. The molecule has 1 aromatic heterocycles. The Labute approximate surface area is 128 Å². The minimum atomic E-state index is -3.57. The number of nitrogens with two attached hydrogens (primary N) is 1. The summed E-state index contributed by atoms with van der Waals surface area (Å²) in [5, 5.41) is 0. The van der Waals surface area contributed by atoms with Gasteiger partial charge in [0, 0.05) is 23.3 Å². The van der Waals surface area contributed by atoms with Crippen LogP contribution in [-0.2, 0) is 10.0 Å². The topological polar surface area (TPSA) is 76.3 Å². The molecular formula is C13H20BrN3O2S. The SMILES string of the molecule is CC(C)CCN(C1CC1)S(=O)(=O)c1cc(Br)cnc1N. The third-order valence-electron chi connectivity index (χ3n) is 3.32. The Morgan fingerprint density at radius 2 is 2.15 bits per heavy atom. The number of hydrogen-bond acceptors (Lipinski definition) is 4. The highest BCUT2D eigenvalue weighted by molar-refractivity contribution is 9.10. The summed E-state index contributed by atoms with van der Waals surface area (Å²) in [6.07, 6.45) is 4.21. The lowest BCUT2D eigenvalue weighted by atomic mass is 10.1. The van der Waals surface area contributed by atoms with Crippen molar-refractivity contribution < 1.29 is 8.42 Å². The fourth-order valence-corrected chi connectivity index (χ4v) is 4.29. The van der Waals surface area contributed by atoms with Crippen molar-refractivity contribution in [1.82, 2.24) is 9.29 Å². The number of halogens is 1. The molecule has 1 saturated carbocycles. The van der Waals surface area contributed by atoms with Gasteiger partial charge in [0.05, 0.1) is 0 Å². The summed E-state index contributed by atoms with van der Waals surface area (Å²) in [6.45, 7) is 4.72. The molecule has 5 nitrogen and oxygen atoms in total. The summed E-state index contributed by atoms with van der Waals surface area (Å²) in [7, 11) is -3.57. The van der Waals surface area contributed by atoms with E-state index in [9.17, 15) is 8.42 Å². The lowest BCUT2D eigenvalue weighted by molar-refractivity contribution is 0.373. The average Bonchev–Trinajstić information content (AvgIpc) is 3.16. The highest BCUT2D eigenvalue weighted by atomic mass is 79.9. The number of rotatable bonds is 6. The van der Waals surface area contributed by atoms with Crippen LogP contribution in [-0.4, -0.2) is 30.3 Å². The van der Waals surface area contributed by atoms with Gasteiger partial charge in [0.1, 0.15) is 10.7 Å². The molecule has 0 spiro atoms. The Kier molecular flexibility index (Phi) is 4.71. The monoisotopic (exact) mass is 361 g/mol. The van der Waals surface area contributed by atoms with E-state index in [0.29, 0.717) is 16.9 Å². The van der Waals surface area contributed by atoms with E-state index in [1.54, 1.807) is 4.31 Å². The quantitative estimate of drug-likeness (QED) is 0.844. The van der Waals surface area contributed by atoms with Crippen LogP contribution in [0.25, 0.3) is 0 Å². The Hall–Kier alpha value is -0.660. The van der Waals surface area contributed by atoms with Gasteiger partial charge in [0.2, 0.25) is 10.0 Å². The number of aromatic nitrogens is 1. The normalized spacial score (nSPS) is 16.1. The number of hydrogen-bond donors (Lipinski definition) is 1. The van der Waals surface area contributed by atoms with E-state index in [2.05, 4.69) is 34.8 Å². The van der Waals surface area contributed by atoms with Crippen LogP contribution < -0.4 is 5.73 Å². The van der Waals surface area contributed by atoms with Crippen molar-refractivity contribution in [1.29, 1.82) is 0 Å². The van der Waals surface area contributed by atoms with E-state index in [-0.39, 0.29) is 16.8 Å². The maximum atomic E-state index is 12.8. The van der Waals surface area contributed by atoms with Gasteiger partial charge in [-0.1, -0.05) is 13.8 Å². The first-order chi connectivity index (χ1) is 9.32. The molecule has 0 aromatic carbocycles. The van der Waals surface area contributed by atoms with Crippen LogP contribution in [0, 0.1) is 5.92 Å². The molecule has 2 N–H and O–H groups in total. The predicted molar refractivity (Wildman–Crippen MR) is 82.7 cm³/mol. The van der Waals surface area contributed by atoms with Crippen molar-refractivity contribution in [2.24, 2.45) is 5.92 Å². The summed E-state index contributed by atoms with van der Waals surface area (Å²) < 4.78 is 27.8. The molecule has 20 heavy (non-hydrogen) atoms. The van der Waals surface area contributed by atoms with Crippen LogP contribution in [0.3, 0.4) is 0 Å². The van der Waals surface area contributed by atoms with Crippen LogP contribution in [0.1, 0.15) is 33.1 Å². The first-order valence-corrected chi connectivity index (χ1v) is 8.98. The fourth-order valence-electron chi connectivity index (χ4n) is 2.01. The lowest BCUT2D eigenvalue weighted by Crippen LogP contribution is -2.35. The van der Waals surface area contributed by atoms with Gasteiger partial charge in [0.25, 0.3) is 0 Å². The van der Waals surface area contributed by atoms with Crippen LogP contribution in [0.2, 0.25) is 0 Å². The number of nitrogen functional groups attached to an aromatic ring is 1. The average molecular weight is 362 g/mol. The van der Waals surface area contributed by atoms with Crippen molar-refractivity contribution in [3.05, 3.63) is 16.7 Å². The minimum absolute atomic E-state index is 0.0587. The van der Waals surface area contributed by atoms with Gasteiger partial charge in [-0.05, 0) is 47.2 Å². The van der Waals surface area contributed by atoms with Gasteiger partial charge in [-0.15, -0.1) is 0 Å². The van der Waals surface area contributed by atoms with Gasteiger partial charge in [0.15, 0.2) is 0 Å². The lowest BCUT2D eigenvalue weighted by Gasteiger charge is -2.23. The van der Waals surface area contributed by atoms with Crippen molar-refractivity contribution >= 4 is 31.8 Å². The molecule has 0 bridgehead atoms. The van der Waals surface area contributed by atoms with E-state index in [4.69, 9.17) is 5.73 Å². The number of nitrogens with zero attached hydrogens (tertiary/aromatic N) is 2. The Morgan fingerprint density at radius 3 is 2.70 bits per heavy atom. The second kappa shape index (κ2) is 5.99. The molecule has 1 heterocycles. The molecule has 0 atom stereocenters. The predicted octanol–water partition coefficient (Wildman–Crippen LogP) is 2.63. The molecule has 1 fully saturated rings. The third-order valence-corrected chi connectivity index (χ3v) is 5.73. The van der Waals surface area contributed by atoms with Crippen LogP contribution in [0.5, 0.6) is 0 Å². The third kappa shape index (κ3) is 3.51. The van der Waals surface area contributed by atoms with E-state index in [1.165, 1.54) is 12.3 Å². The zero-order valence-electron chi connectivity index (χ0n) is 11.7. The van der Waals surface area contributed by atoms with Crippen LogP contribution in [0.4, 0.5) is 5.82 Å². The van der Waals surface area contributed by atoms with Crippen LogP contribution >= 0.6 is 15.9 Å². The largest absolute Gasteiger partial charge is 0.383 e. The van der Waals surface area contributed by atoms with E-state index in [1.807, 2.05) is 0 Å². The van der Waals surface area contributed by atoms with E-state index < -0.39 is 10.0 Å². The molecule has 1 aromatic rings. The summed E-state index contributed by atoms with van der Waals surface area (Å²) in [5.74, 6) is 0.521. The maximum Gasteiger partial charge on any atom is 0.247 e. The zero-order chi connectivity index (χ0) is 14.9. The molecule has 1 aliphatic rings. The zero-order valence-corrected chi connectivity index (χ0v) is 14.1. The molecule has 0 saturated heterocycles. The highest BCUT2D eigenvalue weighted by Gasteiger charge is 2.38. The molecule has 1 aliphatic carbocycles. The van der Waals surface area contributed by atoms with Gasteiger partial charge in [-0.3, -0.25) is 0 Å². The second-order valence-electron chi connectivity index (χ2n) is 5.57. The molecule has 112 valence electrons. The highest BCUT2D eigenvalue weighted by Crippen LogP contribution is 2.34. The van der Waals surface area contributed by atoms with E-state index in [0.717, 1.165) is 19.3 Å². The van der Waals surface area contributed by atoms with Gasteiger partial charge in [-0.25, -0.2) is 13.4 Å². The van der Waals surface area contributed by atoms with Crippen molar-refractivity contribution in [2.45, 2.75) is 44.0 Å². The summed E-state index contributed by atoms with van der Waals surface area (Å²) >= 11 is 3.25. The van der Waals surface area contributed by atoms with Gasteiger partial charge in [-0.2, -0.15) is 4.31 Å². The molecule has 0 aliphatic heterocycles. The Bertz CT molecular complexity index is 585. The van der Waals surface area contributed by atoms with Crippen molar-refractivity contribution in [3.63, 3.8) is 0 Å². The molecule has 2 rings (SSSR count). The summed E-state index contributed by atoms with van der Waals surface area (Å²) in [5.41, 5.74) is 5.75. The first-order valence-electron chi connectivity index (χ1n) is 6.75. The van der Waals surface area contributed by atoms with Crippen LogP contribution in [0.15, 0.2) is 21.6 Å². The van der Waals surface area contributed by atoms with E-state index >= 15 is 0 Å². The smallest absolute Gasteiger partial charge is 0.247 e. The fraction of sp³-hybridized carbons (Fsp3) is 0.615. The van der Waals surface area contributed by atoms with Gasteiger partial charge < -0.3 is 5.73 Å². The number of sulfonamides is 1. The van der Waals surface area contributed by atoms with Gasteiger partial charge >= 0.3 is 0 Å².